The van der Waals surface area contributed by atoms with Gasteiger partial charge in [0.05, 0.1) is 20.3 Å². The number of nitrogens with one attached hydrogen (secondary N) is 1. The van der Waals surface area contributed by atoms with Gasteiger partial charge >= 0.3 is 0 Å². The largest absolute Gasteiger partial charge is 0.497 e. The molecule has 5 heteroatoms. The third kappa shape index (κ3) is 2.75. The number of rotatable bonds is 4. The Labute approximate surface area is 118 Å². The minimum atomic E-state index is -0.739. The zero-order valence-electron chi connectivity index (χ0n) is 11.7. The van der Waals surface area contributed by atoms with E-state index < -0.39 is 5.60 Å². The molecular weight excluding hydrogens is 258 g/mol. The summed E-state index contributed by atoms with van der Waals surface area (Å²) in [6, 6.07) is 6.02. The second kappa shape index (κ2) is 5.60. The molecule has 0 spiro atoms. The van der Waals surface area contributed by atoms with Crippen LogP contribution in [0.5, 0.6) is 11.5 Å². The highest BCUT2D eigenvalue weighted by atomic mass is 16.5. The molecule has 1 aromatic carbocycles. The Balaban J connectivity index is 1.72. The summed E-state index contributed by atoms with van der Waals surface area (Å²) in [6.07, 6.45) is 1.57. The molecule has 1 saturated heterocycles. The minimum absolute atomic E-state index is 0.179. The Kier molecular flexibility index (Phi) is 3.83. The van der Waals surface area contributed by atoms with Gasteiger partial charge in [0.1, 0.15) is 17.1 Å². The van der Waals surface area contributed by atoms with Crippen LogP contribution in [0.25, 0.3) is 0 Å². The average molecular weight is 279 g/mol. The van der Waals surface area contributed by atoms with E-state index in [1.54, 1.807) is 7.11 Å². The molecule has 1 fully saturated rings. The van der Waals surface area contributed by atoms with Gasteiger partial charge in [-0.25, -0.2) is 0 Å². The van der Waals surface area contributed by atoms with Crippen molar-refractivity contribution in [3.8, 4) is 11.5 Å². The summed E-state index contributed by atoms with van der Waals surface area (Å²) in [4.78, 5) is 0. The molecule has 1 aromatic rings. The summed E-state index contributed by atoms with van der Waals surface area (Å²) in [5, 5.41) is 13.8. The molecule has 2 N–H and O–H groups in total. The smallest absolute Gasteiger partial charge is 0.124 e. The van der Waals surface area contributed by atoms with E-state index in [9.17, 15) is 5.11 Å². The van der Waals surface area contributed by atoms with Gasteiger partial charge in [-0.05, 0) is 18.2 Å². The predicted molar refractivity (Wildman–Crippen MR) is 74.2 cm³/mol. The highest BCUT2D eigenvalue weighted by Crippen LogP contribution is 2.35. The summed E-state index contributed by atoms with van der Waals surface area (Å²) < 4.78 is 16.2. The number of fused-ring (bicyclic) bond motifs is 1. The van der Waals surface area contributed by atoms with Crippen molar-refractivity contribution >= 4 is 0 Å². The molecule has 20 heavy (non-hydrogen) atoms. The Morgan fingerprint density at radius 1 is 1.45 bits per heavy atom. The van der Waals surface area contributed by atoms with Crippen LogP contribution in [0.4, 0.5) is 0 Å². The Morgan fingerprint density at radius 2 is 2.35 bits per heavy atom. The second-order valence-corrected chi connectivity index (χ2v) is 5.50. The summed E-state index contributed by atoms with van der Waals surface area (Å²) in [5.74, 6) is 1.72. The number of benzene rings is 1. The lowest BCUT2D eigenvalue weighted by atomic mass is 9.97. The average Bonchev–Trinajstić information content (AvgIpc) is 2.91. The van der Waals surface area contributed by atoms with E-state index in [1.807, 2.05) is 18.2 Å². The van der Waals surface area contributed by atoms with Crippen LogP contribution in [0, 0.1) is 0 Å². The maximum Gasteiger partial charge on any atom is 0.124 e. The first-order valence-corrected chi connectivity index (χ1v) is 7.04. The molecule has 0 bridgehead atoms. The Bertz CT molecular complexity index is 471. The fraction of sp³-hybridized carbons (Fsp3) is 0.600. The summed E-state index contributed by atoms with van der Waals surface area (Å²) >= 11 is 0. The molecule has 2 aliphatic heterocycles. The van der Waals surface area contributed by atoms with Crippen LogP contribution in [0.1, 0.15) is 24.4 Å². The lowest BCUT2D eigenvalue weighted by molar-refractivity contribution is 0.0235. The molecule has 110 valence electrons. The quantitative estimate of drug-likeness (QED) is 0.869. The molecule has 5 nitrogen and oxygen atoms in total. The lowest BCUT2D eigenvalue weighted by Crippen LogP contribution is -2.43. The van der Waals surface area contributed by atoms with Crippen molar-refractivity contribution < 1.29 is 19.3 Å². The van der Waals surface area contributed by atoms with E-state index in [1.165, 1.54) is 0 Å². The van der Waals surface area contributed by atoms with Crippen LogP contribution in [0.15, 0.2) is 18.2 Å². The lowest BCUT2D eigenvalue weighted by Gasteiger charge is -2.30. The van der Waals surface area contributed by atoms with Gasteiger partial charge in [-0.2, -0.15) is 0 Å². The molecule has 0 saturated carbocycles. The maximum atomic E-state index is 10.3. The van der Waals surface area contributed by atoms with Gasteiger partial charge in [-0.15, -0.1) is 0 Å². The van der Waals surface area contributed by atoms with Crippen LogP contribution in [0.3, 0.4) is 0 Å². The maximum absolute atomic E-state index is 10.3. The van der Waals surface area contributed by atoms with Crippen molar-refractivity contribution in [2.24, 2.45) is 0 Å². The molecule has 0 radical (unpaired) electrons. The fourth-order valence-corrected chi connectivity index (χ4v) is 2.76. The van der Waals surface area contributed by atoms with Crippen molar-refractivity contribution in [3.05, 3.63) is 23.8 Å². The molecule has 2 aliphatic rings. The molecule has 0 amide bonds. The molecule has 0 aromatic heterocycles. The first kappa shape index (κ1) is 13.7. The normalized spacial score (nSPS) is 28.8. The number of hydrogen-bond donors (Lipinski definition) is 2. The SMILES string of the molecule is COc1ccc2c(c1)C(NCC1(O)CCOC1)CCO2. The topological polar surface area (TPSA) is 60.0 Å². The molecule has 2 unspecified atom stereocenters. The molecule has 0 aliphatic carbocycles. The summed E-state index contributed by atoms with van der Waals surface area (Å²) in [7, 11) is 1.66. The Morgan fingerprint density at radius 3 is 3.10 bits per heavy atom. The summed E-state index contributed by atoms with van der Waals surface area (Å²) in [5.41, 5.74) is 0.357. The zero-order chi connectivity index (χ0) is 14.0. The third-order valence-electron chi connectivity index (χ3n) is 4.02. The van der Waals surface area contributed by atoms with E-state index in [0.717, 1.165) is 23.5 Å². The predicted octanol–water partition coefficient (Wildman–Crippen LogP) is 1.26. The van der Waals surface area contributed by atoms with Gasteiger partial charge in [0.25, 0.3) is 0 Å². The van der Waals surface area contributed by atoms with Gasteiger partial charge in [-0.1, -0.05) is 0 Å². The van der Waals surface area contributed by atoms with Crippen molar-refractivity contribution in [3.63, 3.8) is 0 Å². The van der Waals surface area contributed by atoms with Crippen LogP contribution < -0.4 is 14.8 Å². The van der Waals surface area contributed by atoms with Crippen molar-refractivity contribution in [2.45, 2.75) is 24.5 Å². The van der Waals surface area contributed by atoms with Gasteiger partial charge in [-0.3, -0.25) is 0 Å². The highest BCUT2D eigenvalue weighted by molar-refractivity contribution is 5.43. The number of ether oxygens (including phenoxy) is 3. The van der Waals surface area contributed by atoms with E-state index in [0.29, 0.717) is 32.8 Å². The fourth-order valence-electron chi connectivity index (χ4n) is 2.76. The van der Waals surface area contributed by atoms with Crippen molar-refractivity contribution in [1.82, 2.24) is 5.32 Å². The van der Waals surface area contributed by atoms with Crippen LogP contribution >= 0.6 is 0 Å². The van der Waals surface area contributed by atoms with Gasteiger partial charge in [0, 0.05) is 37.6 Å². The van der Waals surface area contributed by atoms with Gasteiger partial charge < -0.3 is 24.6 Å². The minimum Gasteiger partial charge on any atom is -0.497 e. The van der Waals surface area contributed by atoms with Crippen molar-refractivity contribution in [2.75, 3.05) is 33.5 Å². The van der Waals surface area contributed by atoms with Crippen molar-refractivity contribution in [1.29, 1.82) is 0 Å². The Hall–Kier alpha value is -1.30. The van der Waals surface area contributed by atoms with E-state index in [-0.39, 0.29) is 6.04 Å². The standard InChI is InChI=1S/C15H21NO4/c1-18-11-2-3-14-12(8-11)13(4-6-20-14)16-9-15(17)5-7-19-10-15/h2-3,8,13,16-17H,4-7,9-10H2,1H3. The molecule has 2 atom stereocenters. The number of aliphatic hydroxyl groups is 1. The second-order valence-electron chi connectivity index (χ2n) is 5.50. The third-order valence-corrected chi connectivity index (χ3v) is 4.02. The number of hydrogen-bond acceptors (Lipinski definition) is 5. The van der Waals surface area contributed by atoms with Crippen LogP contribution in [-0.2, 0) is 4.74 Å². The molecular formula is C15H21NO4. The van der Waals surface area contributed by atoms with Gasteiger partial charge in [0.15, 0.2) is 0 Å². The highest BCUT2D eigenvalue weighted by Gasteiger charge is 2.33. The van der Waals surface area contributed by atoms with E-state index in [4.69, 9.17) is 14.2 Å². The van der Waals surface area contributed by atoms with E-state index >= 15 is 0 Å². The van der Waals surface area contributed by atoms with Crippen LogP contribution in [-0.4, -0.2) is 44.2 Å². The molecule has 2 heterocycles. The molecule has 3 rings (SSSR count). The zero-order valence-corrected chi connectivity index (χ0v) is 11.7. The monoisotopic (exact) mass is 279 g/mol. The first-order valence-electron chi connectivity index (χ1n) is 7.04. The van der Waals surface area contributed by atoms with Gasteiger partial charge in [0.2, 0.25) is 0 Å². The van der Waals surface area contributed by atoms with E-state index in [2.05, 4.69) is 5.32 Å². The summed E-state index contributed by atoms with van der Waals surface area (Å²) in [6.45, 7) is 2.27. The number of methoxy groups -OCH3 is 1. The van der Waals surface area contributed by atoms with Crippen LogP contribution in [0.2, 0.25) is 0 Å². The first-order chi connectivity index (χ1) is 9.70.